The molecule has 1 aliphatic rings. The molecule has 0 aromatic heterocycles. The van der Waals surface area contributed by atoms with Gasteiger partial charge < -0.3 is 0 Å². The third-order valence-electron chi connectivity index (χ3n) is 1.20. The summed E-state index contributed by atoms with van der Waals surface area (Å²) in [5.74, 6) is -0.855. The Labute approximate surface area is 57.7 Å². The van der Waals surface area contributed by atoms with Crippen molar-refractivity contribution in [3.05, 3.63) is 12.2 Å². The third kappa shape index (κ3) is 1.62. The van der Waals surface area contributed by atoms with Crippen LogP contribution in [0.2, 0.25) is 0 Å². The Hall–Kier alpha value is -1.25. The van der Waals surface area contributed by atoms with Crippen molar-refractivity contribution in [2.75, 3.05) is 0 Å². The number of hydrogen-bond acceptors (Lipinski definition) is 3. The first-order valence-corrected chi connectivity index (χ1v) is 2.94. The number of allylic oxidation sites excluding steroid dienone is 2. The lowest BCUT2D eigenvalue weighted by molar-refractivity contribution is -0.126. The van der Waals surface area contributed by atoms with Crippen LogP contribution in [-0.2, 0) is 14.4 Å². The van der Waals surface area contributed by atoms with Crippen LogP contribution in [0.3, 0.4) is 0 Å². The average Bonchev–Trinajstić information content (AvgIpc) is 1.93. The zero-order chi connectivity index (χ0) is 7.56. The summed E-state index contributed by atoms with van der Waals surface area (Å²) in [5, 5.41) is 0. The Morgan fingerprint density at radius 3 is 1.70 bits per heavy atom. The molecule has 52 valence electrons. The van der Waals surface area contributed by atoms with Crippen LogP contribution in [0.5, 0.6) is 0 Å². The van der Waals surface area contributed by atoms with Crippen LogP contribution >= 0.6 is 0 Å². The van der Waals surface area contributed by atoms with E-state index in [4.69, 9.17) is 0 Å². The lowest BCUT2D eigenvalue weighted by Crippen LogP contribution is -2.05. The average molecular weight is 138 g/mol. The van der Waals surface area contributed by atoms with E-state index in [1.54, 1.807) is 0 Å². The van der Waals surface area contributed by atoms with E-state index >= 15 is 0 Å². The molecule has 0 aromatic rings. The Bertz CT molecular complexity index is 203. The van der Waals surface area contributed by atoms with Crippen LogP contribution in [0.15, 0.2) is 12.2 Å². The Kier molecular flexibility index (Phi) is 1.76. The fraction of sp³-hybridized carbons (Fsp3) is 0.286. The molecule has 0 atom stereocenters. The molecule has 0 unspecified atom stereocenters. The number of Topliss-reactive ketones (excluding diaryl/α,β-unsaturated/α-hetero) is 1. The van der Waals surface area contributed by atoms with Crippen molar-refractivity contribution >= 4 is 17.3 Å². The maximum absolute atomic E-state index is 10.6. The normalized spacial score (nSPS) is 19.4. The van der Waals surface area contributed by atoms with Gasteiger partial charge in [-0.15, -0.1) is 0 Å². The van der Waals surface area contributed by atoms with Crippen molar-refractivity contribution in [3.63, 3.8) is 0 Å². The van der Waals surface area contributed by atoms with Gasteiger partial charge in [0.1, 0.15) is 5.78 Å². The quantitative estimate of drug-likeness (QED) is 0.444. The number of carbonyl (C=O) groups is 3. The maximum atomic E-state index is 10.6. The van der Waals surface area contributed by atoms with Gasteiger partial charge in [-0.05, 0) is 12.2 Å². The molecule has 0 saturated heterocycles. The highest BCUT2D eigenvalue weighted by Crippen LogP contribution is 2.00. The van der Waals surface area contributed by atoms with Crippen LogP contribution in [0, 0.1) is 0 Å². The predicted molar refractivity (Wildman–Crippen MR) is 33.4 cm³/mol. The van der Waals surface area contributed by atoms with Crippen molar-refractivity contribution in [1.82, 2.24) is 0 Å². The Morgan fingerprint density at radius 2 is 1.30 bits per heavy atom. The summed E-state index contributed by atoms with van der Waals surface area (Å²) in [5.41, 5.74) is 0. The summed E-state index contributed by atoms with van der Waals surface area (Å²) >= 11 is 0. The smallest absolute Gasteiger partial charge is 0.163 e. The second kappa shape index (κ2) is 2.56. The molecule has 10 heavy (non-hydrogen) atoms. The Morgan fingerprint density at radius 1 is 0.900 bits per heavy atom. The van der Waals surface area contributed by atoms with E-state index in [-0.39, 0.29) is 30.2 Å². The van der Waals surface area contributed by atoms with E-state index in [1.165, 1.54) is 0 Å². The van der Waals surface area contributed by atoms with E-state index in [0.717, 1.165) is 12.2 Å². The molecule has 0 spiro atoms. The predicted octanol–water partition coefficient (Wildman–Crippen LogP) is 0.0437. The number of rotatable bonds is 0. The van der Waals surface area contributed by atoms with Crippen molar-refractivity contribution in [3.8, 4) is 0 Å². The molecule has 0 radical (unpaired) electrons. The first kappa shape index (κ1) is 6.86. The summed E-state index contributed by atoms with van der Waals surface area (Å²) in [6.07, 6.45) is 2.07. The first-order chi connectivity index (χ1) is 4.68. The van der Waals surface area contributed by atoms with Crippen LogP contribution in [0.1, 0.15) is 12.8 Å². The molecule has 0 bridgehead atoms. The van der Waals surface area contributed by atoms with Gasteiger partial charge in [-0.3, -0.25) is 14.4 Å². The van der Waals surface area contributed by atoms with E-state index in [1.807, 2.05) is 0 Å². The minimum Gasteiger partial charge on any atom is -0.299 e. The minimum absolute atomic E-state index is 0.123. The molecule has 1 rings (SSSR count). The summed E-state index contributed by atoms with van der Waals surface area (Å²) in [6, 6.07) is 0. The van der Waals surface area contributed by atoms with E-state index in [2.05, 4.69) is 0 Å². The van der Waals surface area contributed by atoms with E-state index < -0.39 is 0 Å². The molecular formula is C7H6O3. The SMILES string of the molecule is O=C1C=CC(=O)CC(=O)C1. The molecule has 3 nitrogen and oxygen atoms in total. The van der Waals surface area contributed by atoms with E-state index in [0.29, 0.717) is 0 Å². The maximum Gasteiger partial charge on any atom is 0.163 e. The van der Waals surface area contributed by atoms with Gasteiger partial charge in [0.25, 0.3) is 0 Å². The van der Waals surface area contributed by atoms with Gasteiger partial charge in [-0.25, -0.2) is 0 Å². The highest BCUT2D eigenvalue weighted by atomic mass is 16.2. The molecule has 0 N–H and O–H groups in total. The van der Waals surface area contributed by atoms with Gasteiger partial charge in [0.2, 0.25) is 0 Å². The van der Waals surface area contributed by atoms with Crippen LogP contribution in [0.25, 0.3) is 0 Å². The van der Waals surface area contributed by atoms with Gasteiger partial charge in [-0.1, -0.05) is 0 Å². The highest BCUT2D eigenvalue weighted by Gasteiger charge is 2.14. The van der Waals surface area contributed by atoms with Gasteiger partial charge in [-0.2, -0.15) is 0 Å². The highest BCUT2D eigenvalue weighted by molar-refractivity contribution is 6.17. The van der Waals surface area contributed by atoms with Gasteiger partial charge in [0.15, 0.2) is 11.6 Å². The molecular weight excluding hydrogens is 132 g/mol. The van der Waals surface area contributed by atoms with Crippen molar-refractivity contribution in [1.29, 1.82) is 0 Å². The molecule has 0 aromatic carbocycles. The number of carbonyl (C=O) groups excluding carboxylic acids is 3. The zero-order valence-electron chi connectivity index (χ0n) is 5.29. The first-order valence-electron chi connectivity index (χ1n) is 2.94. The molecule has 0 aliphatic heterocycles. The molecule has 0 amide bonds. The topological polar surface area (TPSA) is 51.2 Å². The molecule has 0 fully saturated rings. The second-order valence-corrected chi connectivity index (χ2v) is 2.16. The van der Waals surface area contributed by atoms with Crippen LogP contribution in [0.4, 0.5) is 0 Å². The molecule has 3 heteroatoms. The Balaban J connectivity index is 2.79. The zero-order valence-corrected chi connectivity index (χ0v) is 5.29. The fourth-order valence-corrected chi connectivity index (χ4v) is 0.755. The van der Waals surface area contributed by atoms with Crippen molar-refractivity contribution in [2.24, 2.45) is 0 Å². The molecule has 0 heterocycles. The molecule has 1 aliphatic carbocycles. The third-order valence-corrected chi connectivity index (χ3v) is 1.20. The molecule has 0 saturated carbocycles. The van der Waals surface area contributed by atoms with Gasteiger partial charge >= 0.3 is 0 Å². The lowest BCUT2D eigenvalue weighted by Gasteiger charge is -1.87. The summed E-state index contributed by atoms with van der Waals surface area (Å²) in [4.78, 5) is 31.8. The summed E-state index contributed by atoms with van der Waals surface area (Å²) in [6.45, 7) is 0. The number of ketones is 3. The van der Waals surface area contributed by atoms with Crippen molar-refractivity contribution < 1.29 is 14.4 Å². The van der Waals surface area contributed by atoms with Crippen molar-refractivity contribution in [2.45, 2.75) is 12.8 Å². The van der Waals surface area contributed by atoms with E-state index in [9.17, 15) is 14.4 Å². The summed E-state index contributed by atoms with van der Waals surface area (Å²) < 4.78 is 0. The second-order valence-electron chi connectivity index (χ2n) is 2.16. The standard InChI is InChI=1S/C7H6O3/c8-5-1-2-6(9)4-7(10)3-5/h1-2H,3-4H2. The number of hydrogen-bond donors (Lipinski definition) is 0. The van der Waals surface area contributed by atoms with Crippen LogP contribution in [-0.4, -0.2) is 17.3 Å². The monoisotopic (exact) mass is 138 g/mol. The summed E-state index contributed by atoms with van der Waals surface area (Å²) in [7, 11) is 0. The minimum atomic E-state index is -0.292. The van der Waals surface area contributed by atoms with Gasteiger partial charge in [0.05, 0.1) is 12.8 Å². The van der Waals surface area contributed by atoms with Crippen LogP contribution < -0.4 is 0 Å². The van der Waals surface area contributed by atoms with Gasteiger partial charge in [0, 0.05) is 0 Å². The fourth-order valence-electron chi connectivity index (χ4n) is 0.755. The largest absolute Gasteiger partial charge is 0.299 e. The lowest BCUT2D eigenvalue weighted by atomic mass is 10.2.